The van der Waals surface area contributed by atoms with Crippen LogP contribution in [-0.2, 0) is 17.8 Å². The summed E-state index contributed by atoms with van der Waals surface area (Å²) in [6.07, 6.45) is 0.0300. The lowest BCUT2D eigenvalue weighted by molar-refractivity contribution is -0.121. The zero-order valence-corrected chi connectivity index (χ0v) is 16.1. The molecule has 6 nitrogen and oxygen atoms in total. The minimum Gasteiger partial charge on any atom is -0.394 e. The van der Waals surface area contributed by atoms with E-state index in [2.05, 4.69) is 10.4 Å². The van der Waals surface area contributed by atoms with Crippen LogP contribution in [0.4, 0.5) is 0 Å². The number of carbonyl (C=O) groups excluding carboxylic acids is 1. The van der Waals surface area contributed by atoms with E-state index in [1.165, 1.54) is 4.68 Å². The molecule has 1 aromatic heterocycles. The van der Waals surface area contributed by atoms with E-state index in [1.54, 1.807) is 6.07 Å². The lowest BCUT2D eigenvalue weighted by Gasteiger charge is -2.17. The van der Waals surface area contributed by atoms with Gasteiger partial charge in [-0.1, -0.05) is 62.4 Å². The Balaban J connectivity index is 1.89. The number of rotatable bonds is 7. The number of aliphatic hydroxyl groups is 1. The van der Waals surface area contributed by atoms with Gasteiger partial charge in [0.1, 0.15) is 0 Å². The molecule has 0 bridgehead atoms. The van der Waals surface area contributed by atoms with Gasteiger partial charge in [-0.2, -0.15) is 5.10 Å². The molecule has 1 heterocycles. The number of hydrogen-bond donors (Lipinski definition) is 2. The number of benzene rings is 2. The smallest absolute Gasteiger partial charge is 0.274 e. The maximum atomic E-state index is 12.7. The van der Waals surface area contributed by atoms with Crippen LogP contribution in [0.5, 0.6) is 0 Å². The first-order chi connectivity index (χ1) is 13.5. The van der Waals surface area contributed by atoms with Crippen molar-refractivity contribution in [3.63, 3.8) is 0 Å². The first-order valence-electron chi connectivity index (χ1n) is 9.43. The van der Waals surface area contributed by atoms with Crippen LogP contribution in [0.2, 0.25) is 0 Å². The first kappa shape index (κ1) is 19.8. The molecule has 1 unspecified atom stereocenters. The van der Waals surface area contributed by atoms with Crippen LogP contribution >= 0.6 is 0 Å². The number of nitrogens with zero attached hydrogens (tertiary/aromatic N) is 2. The molecule has 0 aliphatic rings. The van der Waals surface area contributed by atoms with Gasteiger partial charge in [-0.15, -0.1) is 0 Å². The third-order valence-electron chi connectivity index (χ3n) is 4.53. The maximum Gasteiger partial charge on any atom is 0.274 e. The molecule has 3 rings (SSSR count). The summed E-state index contributed by atoms with van der Waals surface area (Å²) < 4.78 is 1.44. The summed E-state index contributed by atoms with van der Waals surface area (Å²) in [5.74, 6) is 0.000177. The van der Waals surface area contributed by atoms with Gasteiger partial charge in [0.05, 0.1) is 30.1 Å². The molecule has 0 aliphatic carbocycles. The number of amides is 1. The van der Waals surface area contributed by atoms with Crippen LogP contribution < -0.4 is 10.9 Å². The second-order valence-electron chi connectivity index (χ2n) is 7.26. The van der Waals surface area contributed by atoms with E-state index in [1.807, 2.05) is 62.4 Å². The number of aromatic nitrogens is 2. The Morgan fingerprint density at radius 1 is 1.07 bits per heavy atom. The summed E-state index contributed by atoms with van der Waals surface area (Å²) in [4.78, 5) is 25.3. The molecule has 2 aromatic carbocycles. The summed E-state index contributed by atoms with van der Waals surface area (Å²) >= 11 is 0. The van der Waals surface area contributed by atoms with Crippen molar-refractivity contribution in [2.45, 2.75) is 32.9 Å². The fraction of sp³-hybridized carbons (Fsp3) is 0.318. The van der Waals surface area contributed by atoms with Gasteiger partial charge in [-0.05, 0) is 17.5 Å². The Labute approximate surface area is 163 Å². The largest absolute Gasteiger partial charge is 0.394 e. The highest BCUT2D eigenvalue weighted by Gasteiger charge is 2.17. The average molecular weight is 379 g/mol. The van der Waals surface area contributed by atoms with Gasteiger partial charge in [0.15, 0.2) is 0 Å². The molecule has 2 N–H and O–H groups in total. The number of fused-ring (bicyclic) bond motifs is 1. The number of carbonyl (C=O) groups is 1. The van der Waals surface area contributed by atoms with Crippen molar-refractivity contribution in [2.75, 3.05) is 6.61 Å². The molecule has 0 spiro atoms. The van der Waals surface area contributed by atoms with Crippen LogP contribution in [0.3, 0.4) is 0 Å². The summed E-state index contributed by atoms with van der Waals surface area (Å²) in [6, 6.07) is 16.1. The van der Waals surface area contributed by atoms with Crippen LogP contribution in [-0.4, -0.2) is 27.4 Å². The van der Waals surface area contributed by atoms with Crippen LogP contribution in [0.1, 0.15) is 31.1 Å². The normalized spacial score (nSPS) is 12.3. The molecule has 1 atom stereocenters. The Kier molecular flexibility index (Phi) is 6.21. The first-order valence-corrected chi connectivity index (χ1v) is 9.43. The van der Waals surface area contributed by atoms with Crippen molar-refractivity contribution in [3.05, 3.63) is 76.2 Å². The van der Waals surface area contributed by atoms with Gasteiger partial charge in [-0.25, -0.2) is 4.68 Å². The monoisotopic (exact) mass is 379 g/mol. The lowest BCUT2D eigenvalue weighted by atomic mass is 10.1. The van der Waals surface area contributed by atoms with Gasteiger partial charge < -0.3 is 10.4 Å². The summed E-state index contributed by atoms with van der Waals surface area (Å²) in [5.41, 5.74) is 1.24. The second kappa shape index (κ2) is 8.80. The minimum atomic E-state index is -0.485. The van der Waals surface area contributed by atoms with Gasteiger partial charge in [0, 0.05) is 11.9 Å². The number of aliphatic hydroxyl groups excluding tert-OH is 1. The molecular weight excluding hydrogens is 354 g/mol. The van der Waals surface area contributed by atoms with Crippen LogP contribution in [0.25, 0.3) is 10.8 Å². The summed E-state index contributed by atoms with van der Waals surface area (Å²) in [6.45, 7) is 4.32. The molecular formula is C22H25N3O3. The zero-order chi connectivity index (χ0) is 20.1. The minimum absolute atomic E-state index is 0.0300. The van der Waals surface area contributed by atoms with Crippen molar-refractivity contribution >= 4 is 16.7 Å². The van der Waals surface area contributed by atoms with Crippen molar-refractivity contribution in [3.8, 4) is 0 Å². The highest BCUT2D eigenvalue weighted by atomic mass is 16.3. The Hall–Kier alpha value is -2.99. The van der Waals surface area contributed by atoms with Crippen LogP contribution in [0.15, 0.2) is 59.4 Å². The molecule has 1 amide bonds. The SMILES string of the molecule is CC(C)Cn1nc(CC(=O)NC(CO)c2ccccc2)c2ccccc2c1=O. The van der Waals surface area contributed by atoms with Crippen LogP contribution in [0, 0.1) is 5.92 Å². The average Bonchev–Trinajstić information content (AvgIpc) is 2.70. The van der Waals surface area contributed by atoms with E-state index < -0.39 is 6.04 Å². The molecule has 0 radical (unpaired) electrons. The van der Waals surface area contributed by atoms with Crippen molar-refractivity contribution < 1.29 is 9.90 Å². The lowest BCUT2D eigenvalue weighted by Crippen LogP contribution is -2.33. The molecule has 0 aliphatic heterocycles. The molecule has 0 saturated heterocycles. The molecule has 146 valence electrons. The summed E-state index contributed by atoms with van der Waals surface area (Å²) in [7, 11) is 0. The van der Waals surface area contributed by atoms with E-state index in [-0.39, 0.29) is 30.4 Å². The number of hydrogen-bond acceptors (Lipinski definition) is 4. The van der Waals surface area contributed by atoms with Gasteiger partial charge in [0.25, 0.3) is 5.56 Å². The topological polar surface area (TPSA) is 84.2 Å². The Morgan fingerprint density at radius 3 is 2.36 bits per heavy atom. The standard InChI is InChI=1S/C22H25N3O3/c1-15(2)13-25-22(28)18-11-7-6-10-17(18)19(24-25)12-21(27)23-20(14-26)16-8-4-3-5-9-16/h3-11,15,20,26H,12-14H2,1-2H3,(H,23,27). The Bertz CT molecular complexity index is 1010. The van der Waals surface area contributed by atoms with E-state index in [9.17, 15) is 14.7 Å². The summed E-state index contributed by atoms with van der Waals surface area (Å²) in [5, 5.41) is 18.2. The van der Waals surface area contributed by atoms with E-state index in [0.29, 0.717) is 23.0 Å². The zero-order valence-electron chi connectivity index (χ0n) is 16.1. The fourth-order valence-corrected chi connectivity index (χ4v) is 3.22. The van der Waals surface area contributed by atoms with Gasteiger partial charge >= 0.3 is 0 Å². The Morgan fingerprint density at radius 2 is 1.71 bits per heavy atom. The van der Waals surface area contributed by atoms with E-state index >= 15 is 0 Å². The third-order valence-corrected chi connectivity index (χ3v) is 4.53. The predicted octanol–water partition coefficient (Wildman–Crippen LogP) is 2.44. The maximum absolute atomic E-state index is 12.7. The van der Waals surface area contributed by atoms with E-state index in [4.69, 9.17) is 0 Å². The quantitative estimate of drug-likeness (QED) is 0.660. The van der Waals surface area contributed by atoms with Crippen molar-refractivity contribution in [1.82, 2.24) is 15.1 Å². The van der Waals surface area contributed by atoms with Gasteiger partial charge in [0.2, 0.25) is 5.91 Å². The highest BCUT2D eigenvalue weighted by molar-refractivity contribution is 5.88. The third kappa shape index (κ3) is 4.46. The van der Waals surface area contributed by atoms with Crippen molar-refractivity contribution in [1.29, 1.82) is 0 Å². The fourth-order valence-electron chi connectivity index (χ4n) is 3.22. The predicted molar refractivity (Wildman–Crippen MR) is 109 cm³/mol. The van der Waals surface area contributed by atoms with Crippen molar-refractivity contribution in [2.24, 2.45) is 5.92 Å². The molecule has 3 aromatic rings. The highest BCUT2D eigenvalue weighted by Crippen LogP contribution is 2.16. The molecule has 28 heavy (non-hydrogen) atoms. The number of nitrogens with one attached hydrogen (secondary N) is 1. The second-order valence-corrected chi connectivity index (χ2v) is 7.26. The van der Waals surface area contributed by atoms with Gasteiger partial charge in [-0.3, -0.25) is 9.59 Å². The molecule has 0 saturated carbocycles. The molecule has 0 fully saturated rings. The molecule has 6 heteroatoms. The van der Waals surface area contributed by atoms with E-state index in [0.717, 1.165) is 5.56 Å².